The molecule has 98 valence electrons. The Hall–Kier alpha value is -0.950. The number of hydrogen-bond donors (Lipinski definition) is 0. The van der Waals surface area contributed by atoms with Gasteiger partial charge in [0.2, 0.25) is 0 Å². The molecule has 1 aliphatic rings. The monoisotopic (exact) mass is 293 g/mol. The second-order valence-corrected chi connectivity index (χ2v) is 6.74. The van der Waals surface area contributed by atoms with Crippen LogP contribution in [0.25, 0.3) is 0 Å². The van der Waals surface area contributed by atoms with Crippen molar-refractivity contribution in [1.82, 2.24) is 4.98 Å². The third-order valence-corrected chi connectivity index (χ3v) is 4.98. The number of alkyl halides is 1. The van der Waals surface area contributed by atoms with Crippen molar-refractivity contribution in [2.24, 2.45) is 0 Å². The summed E-state index contributed by atoms with van der Waals surface area (Å²) >= 11 is 0.971. The molecule has 1 aromatic rings. The summed E-state index contributed by atoms with van der Waals surface area (Å²) in [5.74, 6) is -3.05. The highest BCUT2D eigenvalue weighted by Crippen LogP contribution is 2.45. The summed E-state index contributed by atoms with van der Waals surface area (Å²) in [6, 6.07) is 0. The molecule has 0 spiro atoms. The molecule has 0 saturated carbocycles. The Morgan fingerprint density at radius 2 is 2.17 bits per heavy atom. The highest BCUT2D eigenvalue weighted by Gasteiger charge is 2.41. The number of hydrogen-bond acceptors (Lipinski definition) is 3. The van der Waals surface area contributed by atoms with E-state index in [2.05, 4.69) is 4.98 Å². The van der Waals surface area contributed by atoms with Gasteiger partial charge >= 0.3 is 0 Å². The molecule has 0 N–H and O–H groups in total. The van der Waals surface area contributed by atoms with Crippen LogP contribution >= 0.6 is 11.3 Å². The number of rotatable bonds is 2. The lowest BCUT2D eigenvalue weighted by Gasteiger charge is -2.28. The van der Waals surface area contributed by atoms with Crippen LogP contribution in [0.2, 0.25) is 0 Å². The van der Waals surface area contributed by atoms with Crippen LogP contribution < -0.4 is 0 Å². The second-order valence-electron chi connectivity index (χ2n) is 4.13. The van der Waals surface area contributed by atoms with Crippen molar-refractivity contribution >= 4 is 22.1 Å². The van der Waals surface area contributed by atoms with Crippen molar-refractivity contribution in [3.05, 3.63) is 34.9 Å². The summed E-state index contributed by atoms with van der Waals surface area (Å²) in [6.45, 7) is 1.10. The van der Waals surface area contributed by atoms with Crippen LogP contribution in [0.5, 0.6) is 0 Å². The fourth-order valence-corrected chi connectivity index (χ4v) is 3.66. The Morgan fingerprint density at radius 3 is 2.67 bits per heavy atom. The van der Waals surface area contributed by atoms with E-state index in [0.29, 0.717) is 15.3 Å². The normalized spacial score (nSPS) is 29.7. The van der Waals surface area contributed by atoms with Gasteiger partial charge in [-0.05, 0) is 13.0 Å². The number of allylic oxidation sites excluding steroid dienone is 4. The summed E-state index contributed by atoms with van der Waals surface area (Å²) in [6.07, 6.45) is 4.12. The van der Waals surface area contributed by atoms with Gasteiger partial charge in [-0.3, -0.25) is 4.21 Å². The van der Waals surface area contributed by atoms with Crippen molar-refractivity contribution in [2.45, 2.75) is 22.9 Å². The third-order valence-electron chi connectivity index (χ3n) is 2.57. The highest BCUT2D eigenvalue weighted by atomic mass is 32.2. The number of halogens is 3. The predicted molar refractivity (Wildman–Crippen MR) is 65.1 cm³/mol. The van der Waals surface area contributed by atoms with Crippen LogP contribution in [-0.4, -0.2) is 21.1 Å². The van der Waals surface area contributed by atoms with Gasteiger partial charge in [0.15, 0.2) is 4.34 Å². The average Bonchev–Trinajstić information content (AvgIpc) is 2.63. The van der Waals surface area contributed by atoms with Crippen molar-refractivity contribution in [2.75, 3.05) is 6.26 Å². The zero-order valence-electron chi connectivity index (χ0n) is 9.62. The summed E-state index contributed by atoms with van der Waals surface area (Å²) < 4.78 is 52.5. The van der Waals surface area contributed by atoms with E-state index in [-0.39, 0.29) is 0 Å². The molecule has 2 rings (SSSR count). The first kappa shape index (κ1) is 13.5. The van der Waals surface area contributed by atoms with Crippen LogP contribution in [0.15, 0.2) is 34.3 Å². The van der Waals surface area contributed by atoms with Crippen LogP contribution in [0.4, 0.5) is 13.2 Å². The third kappa shape index (κ3) is 2.42. The fraction of sp³-hybridized carbons (Fsp3) is 0.364. The minimum absolute atomic E-state index is 0.294. The van der Waals surface area contributed by atoms with Gasteiger partial charge in [0.1, 0.15) is 17.3 Å². The molecule has 1 heterocycles. The zero-order valence-corrected chi connectivity index (χ0v) is 11.2. The summed E-state index contributed by atoms with van der Waals surface area (Å²) in [5.41, 5.74) is -2.16. The average molecular weight is 293 g/mol. The smallest absolute Gasteiger partial charge is 0.180 e. The van der Waals surface area contributed by atoms with Crippen molar-refractivity contribution < 1.29 is 17.4 Å². The topological polar surface area (TPSA) is 30.0 Å². The molecular formula is C11H10F3NOS2. The van der Waals surface area contributed by atoms with E-state index in [1.807, 2.05) is 0 Å². The maximum absolute atomic E-state index is 14.2. The summed E-state index contributed by atoms with van der Waals surface area (Å²) in [5, 5.41) is 0. The first-order chi connectivity index (χ1) is 8.31. The molecule has 0 bridgehead atoms. The van der Waals surface area contributed by atoms with Gasteiger partial charge in [-0.1, -0.05) is 0 Å². The van der Waals surface area contributed by atoms with E-state index in [4.69, 9.17) is 0 Å². The number of nitrogens with zero attached hydrogens (tertiary/aromatic N) is 1. The molecule has 0 amide bonds. The molecule has 7 heteroatoms. The standard InChI is InChI=1S/C11H10F3NOS2/c1-11(14)4-6(12)3-7(13)9(11)8-5-15-10(17-8)18(2)16/h3-5,9H,1-2H3. The molecule has 0 aliphatic heterocycles. The molecule has 1 aliphatic carbocycles. The first-order valence-electron chi connectivity index (χ1n) is 5.05. The van der Waals surface area contributed by atoms with Gasteiger partial charge in [-0.2, -0.15) is 0 Å². The van der Waals surface area contributed by atoms with E-state index >= 15 is 0 Å². The van der Waals surface area contributed by atoms with Gasteiger partial charge in [-0.25, -0.2) is 18.2 Å². The van der Waals surface area contributed by atoms with E-state index in [1.165, 1.54) is 12.5 Å². The zero-order chi connectivity index (χ0) is 13.5. The van der Waals surface area contributed by atoms with Gasteiger partial charge in [-0.15, -0.1) is 11.3 Å². The predicted octanol–water partition coefficient (Wildman–Crippen LogP) is 3.41. The molecule has 0 radical (unpaired) electrons. The van der Waals surface area contributed by atoms with Crippen molar-refractivity contribution in [3.8, 4) is 0 Å². The lowest BCUT2D eigenvalue weighted by Crippen LogP contribution is -2.28. The Kier molecular flexibility index (Phi) is 3.46. The molecule has 1 aromatic heterocycles. The van der Waals surface area contributed by atoms with E-state index in [1.54, 1.807) is 0 Å². The Labute approximate surface area is 109 Å². The van der Waals surface area contributed by atoms with E-state index in [0.717, 1.165) is 24.3 Å². The Bertz CT molecular complexity index is 562. The Morgan fingerprint density at radius 1 is 1.50 bits per heavy atom. The van der Waals surface area contributed by atoms with Gasteiger partial charge in [0.25, 0.3) is 0 Å². The highest BCUT2D eigenvalue weighted by molar-refractivity contribution is 7.86. The first-order valence-corrected chi connectivity index (χ1v) is 7.42. The van der Waals surface area contributed by atoms with Crippen LogP contribution in [0, 0.1) is 0 Å². The van der Waals surface area contributed by atoms with Crippen molar-refractivity contribution in [3.63, 3.8) is 0 Å². The maximum atomic E-state index is 14.2. The molecule has 18 heavy (non-hydrogen) atoms. The molecule has 0 fully saturated rings. The molecule has 3 atom stereocenters. The number of aromatic nitrogens is 1. The minimum atomic E-state index is -2.16. The maximum Gasteiger partial charge on any atom is 0.180 e. The lowest BCUT2D eigenvalue weighted by molar-refractivity contribution is 0.204. The number of thiazole rings is 1. The van der Waals surface area contributed by atoms with Gasteiger partial charge in [0, 0.05) is 23.4 Å². The SMILES string of the molecule is CS(=O)c1ncc(C2C(F)=CC(F)=CC2(C)F)s1. The quantitative estimate of drug-likeness (QED) is 0.836. The molecule has 2 nitrogen and oxygen atoms in total. The molecular weight excluding hydrogens is 283 g/mol. The lowest BCUT2D eigenvalue weighted by atomic mass is 9.85. The van der Waals surface area contributed by atoms with Crippen molar-refractivity contribution in [1.29, 1.82) is 0 Å². The van der Waals surface area contributed by atoms with E-state index < -0.39 is 34.0 Å². The van der Waals surface area contributed by atoms with Crippen LogP contribution in [-0.2, 0) is 10.8 Å². The molecule has 3 unspecified atom stereocenters. The minimum Gasteiger partial charge on any atom is -0.252 e. The van der Waals surface area contributed by atoms with E-state index in [9.17, 15) is 17.4 Å². The molecule has 0 saturated heterocycles. The fourth-order valence-electron chi connectivity index (χ4n) is 1.83. The summed E-state index contributed by atoms with van der Waals surface area (Å²) in [7, 11) is -1.30. The summed E-state index contributed by atoms with van der Waals surface area (Å²) in [4.78, 5) is 4.15. The van der Waals surface area contributed by atoms with Gasteiger partial charge < -0.3 is 0 Å². The largest absolute Gasteiger partial charge is 0.252 e. The molecule has 0 aromatic carbocycles. The van der Waals surface area contributed by atoms with Crippen LogP contribution in [0.3, 0.4) is 0 Å². The van der Waals surface area contributed by atoms with Crippen LogP contribution in [0.1, 0.15) is 17.7 Å². The Balaban J connectivity index is 2.43. The second kappa shape index (κ2) is 4.62. The van der Waals surface area contributed by atoms with Gasteiger partial charge in [0.05, 0.1) is 16.7 Å².